The average molecular weight is 358 g/mol. The highest BCUT2D eigenvalue weighted by molar-refractivity contribution is 5.92. The summed E-state index contributed by atoms with van der Waals surface area (Å²) >= 11 is 0. The van der Waals surface area contributed by atoms with Gasteiger partial charge in [-0.05, 0) is 46.8 Å². The van der Waals surface area contributed by atoms with Gasteiger partial charge in [0.1, 0.15) is 5.60 Å². The van der Waals surface area contributed by atoms with Crippen LogP contribution in [-0.2, 0) is 9.53 Å². The Morgan fingerprint density at radius 2 is 1.81 bits per heavy atom. The zero-order valence-corrected chi connectivity index (χ0v) is 15.9. The van der Waals surface area contributed by atoms with Crippen molar-refractivity contribution in [1.82, 2.24) is 15.1 Å². The van der Waals surface area contributed by atoms with Gasteiger partial charge in [0.25, 0.3) is 0 Å². The lowest BCUT2D eigenvalue weighted by Gasteiger charge is -2.19. The third-order valence-corrected chi connectivity index (χ3v) is 3.58. The van der Waals surface area contributed by atoms with Crippen molar-refractivity contribution < 1.29 is 14.3 Å². The smallest absolute Gasteiger partial charge is 0.407 e. The summed E-state index contributed by atoms with van der Waals surface area (Å²) in [5.74, 6) is -0.195. The molecule has 7 nitrogen and oxygen atoms in total. The molecule has 2 amide bonds. The number of ether oxygens (including phenoxy) is 1. The number of carbonyl (C=O) groups excluding carboxylic acids is 2. The van der Waals surface area contributed by atoms with Gasteiger partial charge in [-0.1, -0.05) is 18.2 Å². The number of hydrogen-bond acceptors (Lipinski definition) is 4. The maximum absolute atomic E-state index is 12.2. The summed E-state index contributed by atoms with van der Waals surface area (Å²) in [4.78, 5) is 23.8. The molecule has 26 heavy (non-hydrogen) atoms. The molecule has 0 spiro atoms. The van der Waals surface area contributed by atoms with Gasteiger partial charge in [-0.15, -0.1) is 0 Å². The molecule has 0 aliphatic carbocycles. The highest BCUT2D eigenvalue weighted by atomic mass is 16.6. The van der Waals surface area contributed by atoms with Crippen molar-refractivity contribution in [3.63, 3.8) is 0 Å². The first-order chi connectivity index (χ1) is 12.2. The zero-order chi connectivity index (χ0) is 19.3. The third-order valence-electron chi connectivity index (χ3n) is 3.58. The summed E-state index contributed by atoms with van der Waals surface area (Å²) < 4.78 is 6.93. The molecule has 2 aromatic rings. The monoisotopic (exact) mass is 358 g/mol. The van der Waals surface area contributed by atoms with Crippen LogP contribution in [0.4, 0.5) is 10.5 Å². The number of carbonyl (C=O) groups is 2. The Bertz CT molecular complexity index is 776. The molecule has 1 heterocycles. The largest absolute Gasteiger partial charge is 0.444 e. The Morgan fingerprint density at radius 1 is 1.15 bits per heavy atom. The lowest BCUT2D eigenvalue weighted by Crippen LogP contribution is -2.34. The molecular formula is C19H26N4O3. The molecular weight excluding hydrogens is 332 g/mol. The Kier molecular flexibility index (Phi) is 6.02. The van der Waals surface area contributed by atoms with E-state index in [0.29, 0.717) is 5.69 Å². The summed E-state index contributed by atoms with van der Waals surface area (Å²) in [5.41, 5.74) is 2.64. The van der Waals surface area contributed by atoms with Crippen molar-refractivity contribution in [2.45, 2.75) is 46.6 Å². The summed E-state index contributed by atoms with van der Waals surface area (Å²) in [6, 6.07) is 9.72. The minimum atomic E-state index is -0.563. The van der Waals surface area contributed by atoms with E-state index in [1.54, 1.807) is 25.5 Å². The first kappa shape index (κ1) is 19.5. The summed E-state index contributed by atoms with van der Waals surface area (Å²) in [5, 5.41) is 9.94. The van der Waals surface area contributed by atoms with Crippen LogP contribution in [0.5, 0.6) is 0 Å². The number of amides is 2. The number of aryl methyl sites for hydroxylation is 1. The fourth-order valence-electron chi connectivity index (χ4n) is 2.44. The van der Waals surface area contributed by atoms with E-state index in [1.807, 2.05) is 44.2 Å². The van der Waals surface area contributed by atoms with Crippen LogP contribution in [-0.4, -0.2) is 33.9 Å². The van der Waals surface area contributed by atoms with E-state index in [2.05, 4.69) is 15.7 Å². The van der Waals surface area contributed by atoms with E-state index < -0.39 is 11.7 Å². The number of alkyl carbamates (subject to hydrolysis) is 1. The maximum atomic E-state index is 12.2. The van der Waals surface area contributed by atoms with Gasteiger partial charge in [0.15, 0.2) is 0 Å². The third kappa shape index (κ3) is 5.34. The molecule has 0 aliphatic heterocycles. The average Bonchev–Trinajstić information content (AvgIpc) is 2.82. The number of aromatic nitrogens is 2. The molecule has 1 aromatic carbocycles. The van der Waals surface area contributed by atoms with Crippen LogP contribution in [0.1, 0.15) is 38.6 Å². The first-order valence-corrected chi connectivity index (χ1v) is 8.56. The van der Waals surface area contributed by atoms with Crippen LogP contribution >= 0.6 is 0 Å². The lowest BCUT2D eigenvalue weighted by molar-refractivity contribution is -0.116. The van der Waals surface area contributed by atoms with Gasteiger partial charge in [0, 0.05) is 13.0 Å². The van der Waals surface area contributed by atoms with Crippen molar-refractivity contribution in [2.24, 2.45) is 0 Å². The quantitative estimate of drug-likeness (QED) is 0.858. The topological polar surface area (TPSA) is 85.3 Å². The summed E-state index contributed by atoms with van der Waals surface area (Å²) in [6.07, 6.45) is -0.385. The number of para-hydroxylation sites is 1. The number of anilines is 1. The Balaban J connectivity index is 1.94. The van der Waals surface area contributed by atoms with Crippen molar-refractivity contribution in [2.75, 3.05) is 11.9 Å². The molecule has 0 radical (unpaired) electrons. The number of hydrogen-bond donors (Lipinski definition) is 2. The van der Waals surface area contributed by atoms with Crippen LogP contribution in [0.3, 0.4) is 0 Å². The minimum absolute atomic E-state index is 0.147. The van der Waals surface area contributed by atoms with E-state index in [9.17, 15) is 9.59 Å². The second-order valence-electron chi connectivity index (χ2n) is 7.02. The molecule has 2 rings (SSSR count). The predicted molar refractivity (Wildman–Crippen MR) is 101 cm³/mol. The second kappa shape index (κ2) is 8.03. The SMILES string of the molecule is Cc1nn(-c2ccccc2)c(C)c1NC(=O)CCNC(=O)OC(C)(C)C. The highest BCUT2D eigenvalue weighted by Crippen LogP contribution is 2.22. The normalized spacial score (nSPS) is 11.1. The van der Waals surface area contributed by atoms with Crippen LogP contribution in [0, 0.1) is 13.8 Å². The molecule has 0 saturated carbocycles. The van der Waals surface area contributed by atoms with E-state index in [1.165, 1.54) is 0 Å². The van der Waals surface area contributed by atoms with Crippen LogP contribution in [0.15, 0.2) is 30.3 Å². The van der Waals surface area contributed by atoms with Crippen molar-refractivity contribution in [1.29, 1.82) is 0 Å². The predicted octanol–water partition coefficient (Wildman–Crippen LogP) is 3.34. The number of nitrogens with zero attached hydrogens (tertiary/aromatic N) is 2. The highest BCUT2D eigenvalue weighted by Gasteiger charge is 2.17. The zero-order valence-electron chi connectivity index (χ0n) is 15.9. The molecule has 0 bridgehead atoms. The van der Waals surface area contributed by atoms with Gasteiger partial charge in [-0.25, -0.2) is 9.48 Å². The molecule has 0 unspecified atom stereocenters. The van der Waals surface area contributed by atoms with Gasteiger partial charge in [0.05, 0.1) is 22.8 Å². The van der Waals surface area contributed by atoms with Crippen molar-refractivity contribution in [3.05, 3.63) is 41.7 Å². The molecule has 0 fully saturated rings. The van der Waals surface area contributed by atoms with E-state index >= 15 is 0 Å². The number of nitrogens with one attached hydrogen (secondary N) is 2. The molecule has 140 valence electrons. The van der Waals surface area contributed by atoms with E-state index in [-0.39, 0.29) is 18.9 Å². The fraction of sp³-hybridized carbons (Fsp3) is 0.421. The molecule has 0 saturated heterocycles. The number of benzene rings is 1. The van der Waals surface area contributed by atoms with E-state index in [0.717, 1.165) is 17.1 Å². The Hall–Kier alpha value is -2.83. The molecule has 1 aromatic heterocycles. The van der Waals surface area contributed by atoms with Gasteiger partial charge in [-0.3, -0.25) is 4.79 Å². The minimum Gasteiger partial charge on any atom is -0.444 e. The molecule has 0 aliphatic rings. The molecule has 0 atom stereocenters. The van der Waals surface area contributed by atoms with Gasteiger partial charge in [-0.2, -0.15) is 5.10 Å². The first-order valence-electron chi connectivity index (χ1n) is 8.56. The maximum Gasteiger partial charge on any atom is 0.407 e. The molecule has 2 N–H and O–H groups in total. The van der Waals surface area contributed by atoms with E-state index in [4.69, 9.17) is 4.74 Å². The summed E-state index contributed by atoms with van der Waals surface area (Å²) in [6.45, 7) is 9.31. The van der Waals surface area contributed by atoms with Crippen LogP contribution < -0.4 is 10.6 Å². The van der Waals surface area contributed by atoms with Crippen LogP contribution in [0.2, 0.25) is 0 Å². The fourth-order valence-corrected chi connectivity index (χ4v) is 2.44. The van der Waals surface area contributed by atoms with Gasteiger partial charge in [0.2, 0.25) is 5.91 Å². The second-order valence-corrected chi connectivity index (χ2v) is 7.02. The van der Waals surface area contributed by atoms with Crippen molar-refractivity contribution in [3.8, 4) is 5.69 Å². The van der Waals surface area contributed by atoms with Crippen LogP contribution in [0.25, 0.3) is 5.69 Å². The Labute approximate surface area is 153 Å². The van der Waals surface area contributed by atoms with Crippen molar-refractivity contribution >= 4 is 17.7 Å². The Morgan fingerprint density at radius 3 is 2.42 bits per heavy atom. The van der Waals surface area contributed by atoms with Gasteiger partial charge >= 0.3 is 6.09 Å². The lowest BCUT2D eigenvalue weighted by atomic mass is 10.2. The number of rotatable bonds is 5. The van der Waals surface area contributed by atoms with Gasteiger partial charge < -0.3 is 15.4 Å². The standard InChI is InChI=1S/C19H26N4O3/c1-13-17(14(2)23(22-13)15-9-7-6-8-10-15)21-16(24)11-12-20-18(25)26-19(3,4)5/h6-10H,11-12H2,1-5H3,(H,20,25)(H,21,24). The summed E-state index contributed by atoms with van der Waals surface area (Å²) in [7, 11) is 0. The molecule has 7 heteroatoms.